The first-order valence-corrected chi connectivity index (χ1v) is 9.53. The summed E-state index contributed by atoms with van der Waals surface area (Å²) in [6.07, 6.45) is 1.57. The summed E-state index contributed by atoms with van der Waals surface area (Å²) in [4.78, 5) is 18.7. The van der Waals surface area contributed by atoms with Gasteiger partial charge in [-0.15, -0.1) is 0 Å². The molecular weight excluding hydrogens is 346 g/mol. The number of methoxy groups -OCH3 is 2. The molecule has 0 bridgehead atoms. The molecule has 1 aromatic carbocycles. The molecule has 0 unspecified atom stereocenters. The van der Waals surface area contributed by atoms with E-state index in [4.69, 9.17) is 19.2 Å². The van der Waals surface area contributed by atoms with Gasteiger partial charge in [0.1, 0.15) is 0 Å². The Bertz CT molecular complexity index is 640. The topological polar surface area (TPSA) is 72.4 Å². The van der Waals surface area contributed by atoms with Crippen molar-refractivity contribution in [1.82, 2.24) is 10.2 Å². The average molecular weight is 377 g/mol. The highest BCUT2D eigenvalue weighted by atomic mass is 16.5. The maximum atomic E-state index is 11.7. The third-order valence-corrected chi connectivity index (χ3v) is 4.60. The Morgan fingerprint density at radius 1 is 1.22 bits per heavy atom. The van der Waals surface area contributed by atoms with Crippen molar-refractivity contribution < 1.29 is 19.0 Å². The second-order valence-corrected chi connectivity index (χ2v) is 6.37. The fourth-order valence-electron chi connectivity index (χ4n) is 3.17. The number of benzene rings is 1. The van der Waals surface area contributed by atoms with Crippen molar-refractivity contribution in [2.75, 3.05) is 40.5 Å². The maximum absolute atomic E-state index is 11.7. The van der Waals surface area contributed by atoms with Crippen LogP contribution in [0.1, 0.15) is 32.3 Å². The van der Waals surface area contributed by atoms with E-state index < -0.39 is 0 Å². The number of likely N-dealkylation sites (tertiary alicyclic amines) is 1. The number of ether oxygens (including phenoxy) is 3. The SMILES string of the molecule is CCNC(=NCc1ccc(OCC)c(OC)c1)N1CCC(C(=O)OC)CC1. The van der Waals surface area contributed by atoms with Gasteiger partial charge in [0, 0.05) is 19.6 Å². The standard InChI is InChI=1S/C20H31N3O4/c1-5-21-20(23-11-9-16(10-12-23)19(24)26-4)22-14-15-7-8-17(27-6-2)18(13-15)25-3/h7-8,13,16H,5-6,9-12,14H2,1-4H3,(H,21,22). The zero-order valence-corrected chi connectivity index (χ0v) is 16.8. The lowest BCUT2D eigenvalue weighted by molar-refractivity contribution is -0.146. The van der Waals surface area contributed by atoms with E-state index in [1.165, 1.54) is 7.11 Å². The van der Waals surface area contributed by atoms with Gasteiger partial charge in [-0.05, 0) is 44.4 Å². The zero-order chi connectivity index (χ0) is 19.6. The van der Waals surface area contributed by atoms with Gasteiger partial charge in [0.2, 0.25) is 0 Å². The minimum Gasteiger partial charge on any atom is -0.493 e. The molecule has 1 N–H and O–H groups in total. The Kier molecular flexibility index (Phi) is 8.23. The Hall–Kier alpha value is -2.44. The minimum absolute atomic E-state index is 0.00972. The van der Waals surface area contributed by atoms with E-state index in [0.717, 1.165) is 49.7 Å². The van der Waals surface area contributed by atoms with Gasteiger partial charge in [-0.25, -0.2) is 4.99 Å². The van der Waals surface area contributed by atoms with Gasteiger partial charge in [0.25, 0.3) is 0 Å². The van der Waals surface area contributed by atoms with Crippen LogP contribution in [0.5, 0.6) is 11.5 Å². The summed E-state index contributed by atoms with van der Waals surface area (Å²) in [5, 5.41) is 3.34. The van der Waals surface area contributed by atoms with Crippen LogP contribution in [0.25, 0.3) is 0 Å². The van der Waals surface area contributed by atoms with Gasteiger partial charge in [-0.2, -0.15) is 0 Å². The number of nitrogens with one attached hydrogen (secondary N) is 1. The van der Waals surface area contributed by atoms with E-state index in [2.05, 4.69) is 17.1 Å². The van der Waals surface area contributed by atoms with Gasteiger partial charge in [-0.3, -0.25) is 4.79 Å². The normalized spacial score (nSPS) is 15.4. The molecule has 2 rings (SSSR count). The number of guanidine groups is 1. The lowest BCUT2D eigenvalue weighted by Gasteiger charge is -2.33. The minimum atomic E-state index is -0.113. The predicted octanol–water partition coefficient (Wildman–Crippen LogP) is 2.44. The molecule has 0 aromatic heterocycles. The smallest absolute Gasteiger partial charge is 0.308 e. The van der Waals surface area contributed by atoms with Gasteiger partial charge in [-0.1, -0.05) is 6.07 Å². The molecule has 1 aliphatic rings. The van der Waals surface area contributed by atoms with Crippen LogP contribution in [0.4, 0.5) is 0 Å². The van der Waals surface area contributed by atoms with E-state index in [1.807, 2.05) is 25.1 Å². The van der Waals surface area contributed by atoms with Crippen molar-refractivity contribution in [2.24, 2.45) is 10.9 Å². The van der Waals surface area contributed by atoms with Crippen LogP contribution in [0.3, 0.4) is 0 Å². The van der Waals surface area contributed by atoms with E-state index in [-0.39, 0.29) is 11.9 Å². The molecule has 0 radical (unpaired) electrons. The Balaban J connectivity index is 2.04. The first-order chi connectivity index (χ1) is 13.1. The van der Waals surface area contributed by atoms with Crippen LogP contribution in [0.2, 0.25) is 0 Å². The highest BCUT2D eigenvalue weighted by molar-refractivity contribution is 5.80. The monoisotopic (exact) mass is 377 g/mol. The van der Waals surface area contributed by atoms with Crippen LogP contribution in [0.15, 0.2) is 23.2 Å². The highest BCUT2D eigenvalue weighted by Gasteiger charge is 2.26. The van der Waals surface area contributed by atoms with Gasteiger partial charge in [0.05, 0.1) is 33.3 Å². The molecule has 7 heteroatoms. The zero-order valence-electron chi connectivity index (χ0n) is 16.8. The second-order valence-electron chi connectivity index (χ2n) is 6.37. The third kappa shape index (κ3) is 5.77. The number of hydrogen-bond acceptors (Lipinski definition) is 5. The molecule has 1 fully saturated rings. The molecule has 1 aliphatic heterocycles. The van der Waals surface area contributed by atoms with Crippen molar-refractivity contribution in [3.05, 3.63) is 23.8 Å². The molecule has 150 valence electrons. The number of piperidine rings is 1. The van der Waals surface area contributed by atoms with Gasteiger partial charge in [0.15, 0.2) is 17.5 Å². The van der Waals surface area contributed by atoms with Crippen LogP contribution in [0, 0.1) is 5.92 Å². The number of aliphatic imine (C=N–C) groups is 1. The van der Waals surface area contributed by atoms with Crippen LogP contribution < -0.4 is 14.8 Å². The lowest BCUT2D eigenvalue weighted by Crippen LogP contribution is -2.46. The number of carbonyl (C=O) groups excluding carboxylic acids is 1. The number of carbonyl (C=O) groups is 1. The van der Waals surface area contributed by atoms with Crippen molar-refractivity contribution in [3.8, 4) is 11.5 Å². The summed E-state index contributed by atoms with van der Waals surface area (Å²) in [5.41, 5.74) is 1.05. The van der Waals surface area contributed by atoms with Gasteiger partial charge < -0.3 is 24.4 Å². The first kappa shape index (κ1) is 20.9. The second kappa shape index (κ2) is 10.6. The Morgan fingerprint density at radius 2 is 1.96 bits per heavy atom. The molecule has 27 heavy (non-hydrogen) atoms. The van der Waals surface area contributed by atoms with Crippen molar-refractivity contribution in [2.45, 2.75) is 33.2 Å². The first-order valence-electron chi connectivity index (χ1n) is 9.53. The molecule has 7 nitrogen and oxygen atoms in total. The quantitative estimate of drug-likeness (QED) is 0.447. The van der Waals surface area contributed by atoms with Crippen LogP contribution >= 0.6 is 0 Å². The summed E-state index contributed by atoms with van der Waals surface area (Å²) in [7, 11) is 3.09. The van der Waals surface area contributed by atoms with Crippen LogP contribution in [-0.4, -0.2) is 57.3 Å². The van der Waals surface area contributed by atoms with E-state index >= 15 is 0 Å². The summed E-state index contributed by atoms with van der Waals surface area (Å²) < 4.78 is 15.8. The molecule has 0 spiro atoms. The molecule has 0 atom stereocenters. The van der Waals surface area contributed by atoms with Crippen LogP contribution in [-0.2, 0) is 16.1 Å². The largest absolute Gasteiger partial charge is 0.493 e. The third-order valence-electron chi connectivity index (χ3n) is 4.60. The van der Waals surface area contributed by atoms with Crippen molar-refractivity contribution in [3.63, 3.8) is 0 Å². The summed E-state index contributed by atoms with van der Waals surface area (Å²) in [6, 6.07) is 5.88. The molecular formula is C20H31N3O4. The highest BCUT2D eigenvalue weighted by Crippen LogP contribution is 2.28. The molecule has 0 saturated carbocycles. The van der Waals surface area contributed by atoms with Gasteiger partial charge >= 0.3 is 5.97 Å². The predicted molar refractivity (Wildman–Crippen MR) is 105 cm³/mol. The molecule has 1 heterocycles. The number of esters is 1. The number of hydrogen-bond donors (Lipinski definition) is 1. The summed E-state index contributed by atoms with van der Waals surface area (Å²) in [6.45, 7) is 7.51. The van der Waals surface area contributed by atoms with E-state index in [1.54, 1.807) is 7.11 Å². The molecule has 0 aliphatic carbocycles. The number of nitrogens with zero attached hydrogens (tertiary/aromatic N) is 2. The summed E-state index contributed by atoms with van der Waals surface area (Å²) >= 11 is 0. The molecule has 1 saturated heterocycles. The fourth-order valence-corrected chi connectivity index (χ4v) is 3.17. The van der Waals surface area contributed by atoms with E-state index in [0.29, 0.717) is 18.9 Å². The summed E-state index contributed by atoms with van der Waals surface area (Å²) in [5.74, 6) is 2.20. The molecule has 0 amide bonds. The average Bonchev–Trinajstić information content (AvgIpc) is 2.71. The Morgan fingerprint density at radius 3 is 2.56 bits per heavy atom. The van der Waals surface area contributed by atoms with E-state index in [9.17, 15) is 4.79 Å². The maximum Gasteiger partial charge on any atom is 0.308 e. The fraction of sp³-hybridized carbons (Fsp3) is 0.600. The number of rotatable bonds is 7. The van der Waals surface area contributed by atoms with Crippen molar-refractivity contribution in [1.29, 1.82) is 0 Å². The van der Waals surface area contributed by atoms with Crippen molar-refractivity contribution >= 4 is 11.9 Å². The Labute approximate surface area is 161 Å². The lowest BCUT2D eigenvalue weighted by atomic mass is 9.97. The molecule has 1 aromatic rings.